The van der Waals surface area contributed by atoms with Crippen molar-refractivity contribution in [3.8, 4) is 5.75 Å². The Hall–Kier alpha value is 0.0213. The van der Waals surface area contributed by atoms with Gasteiger partial charge in [-0.15, -0.1) is 0 Å². The van der Waals surface area contributed by atoms with Crippen molar-refractivity contribution >= 4 is 34.8 Å². The number of benzene rings is 2. The zero-order valence-electron chi connectivity index (χ0n) is 10.8. The van der Waals surface area contributed by atoms with Gasteiger partial charge in [-0.25, -0.2) is 0 Å². The summed E-state index contributed by atoms with van der Waals surface area (Å²) in [6.45, 7) is -5.15. The van der Waals surface area contributed by atoms with E-state index in [2.05, 4.69) is 0 Å². The number of ether oxygens (including phenoxy) is 1. The van der Waals surface area contributed by atoms with Crippen LogP contribution >= 0.6 is 11.6 Å². The van der Waals surface area contributed by atoms with Gasteiger partial charge in [0.1, 0.15) is 6.61 Å². The van der Waals surface area contributed by atoms with Gasteiger partial charge in [-0.2, -0.15) is 0 Å². The molecule has 0 aromatic heterocycles. The molecule has 0 aliphatic rings. The number of hydrogen-bond acceptors (Lipinski definition) is 1. The van der Waals surface area contributed by atoms with Crippen LogP contribution in [0.5, 0.6) is 5.75 Å². The molecule has 2 aromatic rings. The van der Waals surface area contributed by atoms with E-state index in [1.807, 2.05) is 0 Å². The fourth-order valence-corrected chi connectivity index (χ4v) is 1.99. The zero-order chi connectivity index (χ0) is 13.9. The molecule has 0 bridgehead atoms. The molecule has 0 fully saturated rings. The van der Waals surface area contributed by atoms with Crippen LogP contribution < -0.4 is 61.6 Å². The van der Waals surface area contributed by atoms with Crippen molar-refractivity contribution in [3.63, 3.8) is 0 Å². The van der Waals surface area contributed by atoms with Crippen LogP contribution in [0.1, 0.15) is 0 Å². The van der Waals surface area contributed by atoms with Crippen molar-refractivity contribution in [2.24, 2.45) is 0 Å². The van der Waals surface area contributed by atoms with Gasteiger partial charge in [-0.05, 0) is 22.9 Å². The molecule has 0 saturated carbocycles. The standard InChI is InChI=1S/C13H10BClF3O.K/c15-8-3-9-19-12-7-6-10-4-1-2-5-11(10)13(12)14(16,17)18;/h1-8H,9H2;/q-1;+1/b8-3+;. The van der Waals surface area contributed by atoms with Gasteiger partial charge in [0, 0.05) is 5.54 Å². The quantitative estimate of drug-likeness (QED) is 0.764. The van der Waals surface area contributed by atoms with Gasteiger partial charge in [-0.1, -0.05) is 47.4 Å². The second-order valence-electron chi connectivity index (χ2n) is 3.95. The summed E-state index contributed by atoms with van der Waals surface area (Å²) < 4.78 is 44.8. The molecule has 1 nitrogen and oxygen atoms in total. The molecule has 0 aliphatic heterocycles. The Kier molecular flexibility index (Phi) is 7.11. The van der Waals surface area contributed by atoms with E-state index >= 15 is 0 Å². The Morgan fingerprint density at radius 1 is 1.10 bits per heavy atom. The molecule has 0 saturated heterocycles. The topological polar surface area (TPSA) is 9.23 Å². The predicted molar refractivity (Wildman–Crippen MR) is 73.1 cm³/mol. The monoisotopic (exact) mass is 324 g/mol. The van der Waals surface area contributed by atoms with Gasteiger partial charge in [0.25, 0.3) is 0 Å². The fraction of sp³-hybridized carbons (Fsp3) is 0.0769. The zero-order valence-corrected chi connectivity index (χ0v) is 14.7. The van der Waals surface area contributed by atoms with Gasteiger partial charge in [0.2, 0.25) is 0 Å². The Labute approximate surface area is 162 Å². The molecule has 0 spiro atoms. The molecule has 0 heterocycles. The van der Waals surface area contributed by atoms with E-state index in [0.29, 0.717) is 5.39 Å². The maximum absolute atomic E-state index is 13.2. The maximum atomic E-state index is 13.2. The normalized spacial score (nSPS) is 11.6. The van der Waals surface area contributed by atoms with Crippen LogP contribution in [0.4, 0.5) is 12.9 Å². The minimum Gasteiger partial charge on any atom is -0.492 e. The molecule has 7 heteroatoms. The third-order valence-electron chi connectivity index (χ3n) is 2.68. The van der Waals surface area contributed by atoms with E-state index in [0.717, 1.165) is 0 Å². The predicted octanol–water partition coefficient (Wildman–Crippen LogP) is 1.03. The second kappa shape index (κ2) is 7.87. The summed E-state index contributed by atoms with van der Waals surface area (Å²) in [6.07, 6.45) is 1.43. The average molecular weight is 325 g/mol. The second-order valence-corrected chi connectivity index (χ2v) is 4.20. The van der Waals surface area contributed by atoms with E-state index in [9.17, 15) is 12.9 Å². The smallest absolute Gasteiger partial charge is 0.492 e. The first kappa shape index (κ1) is 18.1. The maximum Gasteiger partial charge on any atom is 1.00 e. The van der Waals surface area contributed by atoms with Gasteiger partial charge >= 0.3 is 58.4 Å². The summed E-state index contributed by atoms with van der Waals surface area (Å²) in [6, 6.07) is 9.32. The molecule has 0 atom stereocenters. The first-order valence-electron chi connectivity index (χ1n) is 5.63. The van der Waals surface area contributed by atoms with Crippen molar-refractivity contribution in [1.82, 2.24) is 0 Å². The molecule has 0 N–H and O–H groups in total. The number of hydrogen-bond donors (Lipinski definition) is 0. The average Bonchev–Trinajstić information content (AvgIpc) is 2.37. The summed E-state index contributed by atoms with van der Waals surface area (Å²) in [5, 5.41) is 0.694. The van der Waals surface area contributed by atoms with Crippen LogP contribution in [0.2, 0.25) is 0 Å². The van der Waals surface area contributed by atoms with Gasteiger partial charge in [0.05, 0.1) is 5.75 Å². The summed E-state index contributed by atoms with van der Waals surface area (Å²) >= 11 is 5.31. The Bertz CT molecular complexity index is 616. The van der Waals surface area contributed by atoms with Crippen LogP contribution in [0.25, 0.3) is 10.8 Å². The molecule has 0 aliphatic carbocycles. The molecular formula is C13H10BClF3KO. The summed E-state index contributed by atoms with van der Waals surface area (Å²) in [5.41, 5.74) is 0.514. The minimum absolute atomic E-state index is 0. The summed E-state index contributed by atoms with van der Waals surface area (Å²) in [7, 11) is 0. The number of halogens is 4. The summed E-state index contributed by atoms with van der Waals surface area (Å²) in [4.78, 5) is 0. The minimum atomic E-state index is -5.15. The van der Waals surface area contributed by atoms with E-state index in [1.165, 1.54) is 23.7 Å². The van der Waals surface area contributed by atoms with E-state index in [4.69, 9.17) is 16.3 Å². The van der Waals surface area contributed by atoms with Crippen LogP contribution in [0.15, 0.2) is 48.0 Å². The van der Waals surface area contributed by atoms with E-state index in [1.54, 1.807) is 24.3 Å². The molecule has 2 aromatic carbocycles. The molecule has 100 valence electrons. The number of rotatable bonds is 4. The molecule has 20 heavy (non-hydrogen) atoms. The third kappa shape index (κ3) is 4.26. The first-order valence-corrected chi connectivity index (χ1v) is 6.07. The largest absolute Gasteiger partial charge is 1.00 e. The van der Waals surface area contributed by atoms with E-state index in [-0.39, 0.29) is 69.1 Å². The summed E-state index contributed by atoms with van der Waals surface area (Å²) in [5.74, 6) is -0.166. The van der Waals surface area contributed by atoms with Crippen LogP contribution in [-0.4, -0.2) is 13.6 Å². The first-order chi connectivity index (χ1) is 9.04. The van der Waals surface area contributed by atoms with Gasteiger partial charge < -0.3 is 17.7 Å². The molecule has 0 amide bonds. The van der Waals surface area contributed by atoms with Crippen molar-refractivity contribution < 1.29 is 69.1 Å². The van der Waals surface area contributed by atoms with Crippen LogP contribution in [0.3, 0.4) is 0 Å². The third-order valence-corrected chi connectivity index (χ3v) is 2.86. The Morgan fingerprint density at radius 2 is 1.80 bits per heavy atom. The molecule has 0 unspecified atom stereocenters. The van der Waals surface area contributed by atoms with Gasteiger partial charge in [0.15, 0.2) is 0 Å². The Balaban J connectivity index is 0.00000200. The molecular weight excluding hydrogens is 314 g/mol. The van der Waals surface area contributed by atoms with E-state index < -0.39 is 12.4 Å². The molecule has 0 radical (unpaired) electrons. The van der Waals surface area contributed by atoms with Crippen molar-refractivity contribution in [1.29, 1.82) is 0 Å². The number of fused-ring (bicyclic) bond motifs is 1. The van der Waals surface area contributed by atoms with Crippen molar-refractivity contribution in [2.45, 2.75) is 0 Å². The Morgan fingerprint density at radius 3 is 2.45 bits per heavy atom. The fourth-order valence-electron chi connectivity index (χ4n) is 1.91. The van der Waals surface area contributed by atoms with Crippen molar-refractivity contribution in [2.75, 3.05) is 6.61 Å². The van der Waals surface area contributed by atoms with Crippen LogP contribution in [-0.2, 0) is 0 Å². The van der Waals surface area contributed by atoms with Crippen molar-refractivity contribution in [3.05, 3.63) is 48.0 Å². The van der Waals surface area contributed by atoms with Crippen LogP contribution in [0, 0.1) is 0 Å². The van der Waals surface area contributed by atoms with Gasteiger partial charge in [-0.3, -0.25) is 0 Å². The molecule has 2 rings (SSSR count). The SMILES string of the molecule is F[B-](F)(F)c1c(OC/C=C/Cl)ccc2ccccc12.[K+].